The molecule has 1 saturated heterocycles. The molecule has 1 unspecified atom stereocenters. The van der Waals surface area contributed by atoms with Crippen molar-refractivity contribution in [3.63, 3.8) is 0 Å². The van der Waals surface area contributed by atoms with Gasteiger partial charge >= 0.3 is 0 Å². The van der Waals surface area contributed by atoms with Crippen LogP contribution < -0.4 is 15.5 Å². The van der Waals surface area contributed by atoms with Gasteiger partial charge in [0.1, 0.15) is 12.6 Å². The number of benzene rings is 2. The highest BCUT2D eigenvalue weighted by molar-refractivity contribution is 7.80. The number of amides is 2. The van der Waals surface area contributed by atoms with Gasteiger partial charge in [-0.3, -0.25) is 25.0 Å². The Kier molecular flexibility index (Phi) is 5.65. The van der Waals surface area contributed by atoms with Crippen LogP contribution >= 0.6 is 12.2 Å². The minimum atomic E-state index is -0.756. The molecular weight excluding hydrogens is 520 g/mol. The minimum Gasteiger partial charge on any atom is -0.347 e. The SMILES string of the molecule is CN1/C(=C/C2C(=O)/C(=C/C3=[N+](C)c4ccccc4C3(C)C)C2=C2C(=O)NC(=S)NC2=O)C(C)(C)c2ccccc21. The van der Waals surface area contributed by atoms with E-state index in [9.17, 15) is 14.4 Å². The van der Waals surface area contributed by atoms with Crippen LogP contribution in [0.1, 0.15) is 38.8 Å². The fourth-order valence-corrected chi connectivity index (χ4v) is 6.87. The van der Waals surface area contributed by atoms with Crippen LogP contribution in [0.5, 0.6) is 0 Å². The second kappa shape index (κ2) is 8.66. The summed E-state index contributed by atoms with van der Waals surface area (Å²) in [6, 6.07) is 16.3. The van der Waals surface area contributed by atoms with Crippen LogP contribution in [-0.4, -0.2) is 47.1 Å². The summed E-state index contributed by atoms with van der Waals surface area (Å²) < 4.78 is 2.07. The fourth-order valence-electron chi connectivity index (χ4n) is 6.68. The summed E-state index contributed by atoms with van der Waals surface area (Å²) in [6.45, 7) is 8.47. The number of fused-ring (bicyclic) bond motifs is 2. The number of para-hydroxylation sites is 2. The highest BCUT2D eigenvalue weighted by atomic mass is 32.1. The molecule has 1 aliphatic carbocycles. The molecule has 6 rings (SSSR count). The number of thiocarbonyl (C=S) groups is 1. The van der Waals surface area contributed by atoms with Gasteiger partial charge in [0.25, 0.3) is 11.8 Å². The molecule has 40 heavy (non-hydrogen) atoms. The molecule has 3 aliphatic heterocycles. The van der Waals surface area contributed by atoms with E-state index in [1.807, 2.05) is 50.5 Å². The van der Waals surface area contributed by atoms with Crippen molar-refractivity contribution >= 4 is 52.0 Å². The molecule has 2 fully saturated rings. The monoisotopic (exact) mass is 551 g/mol. The number of likely N-dealkylation sites (N-methyl/N-ethyl adjacent to an activating group) is 1. The van der Waals surface area contributed by atoms with E-state index in [4.69, 9.17) is 12.2 Å². The lowest BCUT2D eigenvalue weighted by Gasteiger charge is -2.35. The van der Waals surface area contributed by atoms with Crippen LogP contribution in [0, 0.1) is 5.92 Å². The van der Waals surface area contributed by atoms with Crippen molar-refractivity contribution in [1.82, 2.24) is 10.6 Å². The third-order valence-electron chi connectivity index (χ3n) is 8.81. The van der Waals surface area contributed by atoms with E-state index in [0.717, 1.165) is 33.9 Å². The summed E-state index contributed by atoms with van der Waals surface area (Å²) in [5.74, 6) is -2.08. The molecule has 3 heterocycles. The Morgan fingerprint density at radius 2 is 1.50 bits per heavy atom. The average Bonchev–Trinajstić information content (AvgIpc) is 3.22. The van der Waals surface area contributed by atoms with Gasteiger partial charge in [0.15, 0.2) is 16.6 Å². The highest BCUT2D eigenvalue weighted by Crippen LogP contribution is 2.50. The topological polar surface area (TPSA) is 81.5 Å². The van der Waals surface area contributed by atoms with Crippen molar-refractivity contribution in [2.75, 3.05) is 19.0 Å². The maximum Gasteiger partial charge on any atom is 0.263 e. The van der Waals surface area contributed by atoms with E-state index >= 15 is 0 Å². The molecule has 202 valence electrons. The van der Waals surface area contributed by atoms with Gasteiger partial charge in [-0.05, 0) is 49.3 Å². The van der Waals surface area contributed by atoms with Gasteiger partial charge in [-0.15, -0.1) is 0 Å². The van der Waals surface area contributed by atoms with Crippen LogP contribution in [0.25, 0.3) is 0 Å². The summed E-state index contributed by atoms with van der Waals surface area (Å²) in [7, 11) is 3.95. The summed E-state index contributed by atoms with van der Waals surface area (Å²) in [5, 5.41) is 5.05. The number of carbonyl (C=O) groups is 3. The maximum atomic E-state index is 14.0. The maximum absolute atomic E-state index is 14.0. The smallest absolute Gasteiger partial charge is 0.263 e. The summed E-state index contributed by atoms with van der Waals surface area (Å²) >= 11 is 5.04. The number of hydrogen-bond acceptors (Lipinski definition) is 5. The van der Waals surface area contributed by atoms with Crippen LogP contribution in [0.3, 0.4) is 0 Å². The number of ketones is 1. The summed E-state index contributed by atoms with van der Waals surface area (Å²) in [4.78, 5) is 42.4. The number of carbonyl (C=O) groups excluding carboxylic acids is 3. The van der Waals surface area contributed by atoms with E-state index in [-0.39, 0.29) is 27.3 Å². The summed E-state index contributed by atoms with van der Waals surface area (Å²) in [5.41, 5.74) is 6.24. The molecule has 1 saturated carbocycles. The van der Waals surface area contributed by atoms with Crippen molar-refractivity contribution in [2.45, 2.75) is 38.5 Å². The van der Waals surface area contributed by atoms with Gasteiger partial charge in [0.2, 0.25) is 5.69 Å². The Hall–Kier alpha value is -4.17. The van der Waals surface area contributed by atoms with E-state index in [0.29, 0.717) is 11.1 Å². The van der Waals surface area contributed by atoms with Crippen LogP contribution in [-0.2, 0) is 25.2 Å². The second-order valence-electron chi connectivity index (χ2n) is 11.8. The van der Waals surface area contributed by atoms with Crippen molar-refractivity contribution in [3.8, 4) is 0 Å². The Morgan fingerprint density at radius 3 is 2.12 bits per heavy atom. The quantitative estimate of drug-likeness (QED) is 0.256. The van der Waals surface area contributed by atoms with E-state index in [1.54, 1.807) is 0 Å². The van der Waals surface area contributed by atoms with Gasteiger partial charge < -0.3 is 4.90 Å². The fraction of sp³-hybridized carbons (Fsp3) is 0.281. The normalized spacial score (nSPS) is 24.9. The number of anilines is 1. The molecule has 0 aromatic heterocycles. The molecule has 0 spiro atoms. The Balaban J connectivity index is 1.52. The Labute approximate surface area is 239 Å². The van der Waals surface area contributed by atoms with Crippen LogP contribution in [0.4, 0.5) is 11.4 Å². The van der Waals surface area contributed by atoms with Gasteiger partial charge in [-0.25, -0.2) is 0 Å². The first-order valence-electron chi connectivity index (χ1n) is 13.3. The number of rotatable bonds is 2. The first kappa shape index (κ1) is 26.1. The van der Waals surface area contributed by atoms with E-state index < -0.39 is 17.7 Å². The van der Waals surface area contributed by atoms with Crippen molar-refractivity contribution < 1.29 is 19.0 Å². The first-order chi connectivity index (χ1) is 18.9. The van der Waals surface area contributed by atoms with Crippen molar-refractivity contribution in [2.24, 2.45) is 5.92 Å². The predicted octanol–water partition coefficient (Wildman–Crippen LogP) is 3.96. The minimum absolute atomic E-state index is 0.0426. The third kappa shape index (κ3) is 3.52. The molecule has 8 heteroatoms. The van der Waals surface area contributed by atoms with Gasteiger partial charge in [0, 0.05) is 47.1 Å². The molecule has 2 amide bonds. The van der Waals surface area contributed by atoms with E-state index in [1.165, 1.54) is 0 Å². The molecular formula is C32H31N4O3S+. The average molecular weight is 552 g/mol. The Bertz CT molecular complexity index is 1680. The molecule has 2 aromatic rings. The predicted molar refractivity (Wildman–Crippen MR) is 159 cm³/mol. The van der Waals surface area contributed by atoms with Crippen LogP contribution in [0.15, 0.2) is 83.1 Å². The van der Waals surface area contributed by atoms with Crippen molar-refractivity contribution in [3.05, 3.63) is 94.2 Å². The molecule has 0 radical (unpaired) electrons. The molecule has 1 atom stereocenters. The first-order valence-corrected chi connectivity index (χ1v) is 13.7. The lowest BCUT2D eigenvalue weighted by atomic mass is 9.67. The zero-order valence-corrected chi connectivity index (χ0v) is 24.2. The van der Waals surface area contributed by atoms with Gasteiger partial charge in [-0.2, -0.15) is 4.58 Å². The molecule has 7 nitrogen and oxygen atoms in total. The largest absolute Gasteiger partial charge is 0.347 e. The van der Waals surface area contributed by atoms with Gasteiger partial charge in [0.05, 0.1) is 11.3 Å². The second-order valence-corrected chi connectivity index (χ2v) is 12.2. The third-order valence-corrected chi connectivity index (χ3v) is 9.02. The number of hydrogen-bond donors (Lipinski definition) is 2. The number of nitrogens with zero attached hydrogens (tertiary/aromatic N) is 2. The number of nitrogens with one attached hydrogen (secondary N) is 2. The van der Waals surface area contributed by atoms with E-state index in [2.05, 4.69) is 72.1 Å². The molecule has 0 bridgehead atoms. The lowest BCUT2D eigenvalue weighted by molar-refractivity contribution is -0.401. The molecule has 4 aliphatic rings. The molecule has 2 aromatic carbocycles. The van der Waals surface area contributed by atoms with Gasteiger partial charge in [-0.1, -0.05) is 50.2 Å². The summed E-state index contributed by atoms with van der Waals surface area (Å²) in [6.07, 6.45) is 3.77. The van der Waals surface area contributed by atoms with Crippen molar-refractivity contribution in [1.29, 1.82) is 0 Å². The number of allylic oxidation sites excluding steroid dienone is 5. The Morgan fingerprint density at radius 1 is 0.900 bits per heavy atom. The standard InChI is InChI=1S/C32H30N4O3S/c1-31(2)19-11-7-9-13-21(19)35(5)23(31)15-17-25(26-28(38)33-30(40)34-29(26)39)18(27(17)37)16-24-32(3,4)20-12-8-10-14-22(20)36(24)6/h7-17H,1-6H3,(H-,33,34,38,39,40)/p+1/b18-16+,23-15+. The zero-order chi connectivity index (χ0) is 28.7. The molecule has 2 N–H and O–H groups in total. The number of Topliss-reactive ketones (excluding diaryl/α,β-unsaturated/α-hetero) is 1. The lowest BCUT2D eigenvalue weighted by Crippen LogP contribution is -2.53. The van der Waals surface area contributed by atoms with Crippen LogP contribution in [0.2, 0.25) is 0 Å². The highest BCUT2D eigenvalue weighted by Gasteiger charge is 2.50. The zero-order valence-electron chi connectivity index (χ0n) is 23.4.